The number of amides is 1. The molecule has 0 fully saturated rings. The molecule has 9 heteroatoms. The maximum atomic E-state index is 12.3. The number of hydrazine groups is 1. The fourth-order valence-electron chi connectivity index (χ4n) is 3.30. The number of nitrogen functional groups attached to an aromatic ring is 1. The van der Waals surface area contributed by atoms with Gasteiger partial charge in [0.2, 0.25) is 0 Å². The van der Waals surface area contributed by atoms with Crippen LogP contribution in [0.4, 0.5) is 21.2 Å². The van der Waals surface area contributed by atoms with Gasteiger partial charge in [0, 0.05) is 13.5 Å². The van der Waals surface area contributed by atoms with E-state index >= 15 is 0 Å². The van der Waals surface area contributed by atoms with Crippen molar-refractivity contribution in [3.8, 4) is 16.3 Å². The van der Waals surface area contributed by atoms with E-state index in [1.165, 1.54) is 21.9 Å². The molecule has 1 amide bonds. The number of carbonyl (C=O) groups excluding carboxylic acids is 1. The number of anilines is 3. The molecule has 4 rings (SSSR count). The second-order valence-electron chi connectivity index (χ2n) is 7.03. The van der Waals surface area contributed by atoms with E-state index in [2.05, 4.69) is 16.4 Å². The highest BCUT2D eigenvalue weighted by atomic mass is 32.1. The van der Waals surface area contributed by atoms with Gasteiger partial charge in [-0.05, 0) is 36.2 Å². The smallest absolute Gasteiger partial charge is 0.412 e. The first-order valence-corrected chi connectivity index (χ1v) is 10.3. The lowest BCUT2D eigenvalue weighted by molar-refractivity contribution is 0.155. The number of hydrogen-bond acceptors (Lipinski definition) is 8. The maximum Gasteiger partial charge on any atom is 0.412 e. The summed E-state index contributed by atoms with van der Waals surface area (Å²) in [4.78, 5) is 16.9. The predicted octanol–water partition coefficient (Wildman–Crippen LogP) is 3.69. The molecule has 0 atom stereocenters. The van der Waals surface area contributed by atoms with Crippen LogP contribution in [0.2, 0.25) is 0 Å². The first kappa shape index (κ1) is 20.0. The van der Waals surface area contributed by atoms with Crippen molar-refractivity contribution in [3.05, 3.63) is 53.2 Å². The first-order chi connectivity index (χ1) is 14.4. The Hall–Kier alpha value is -3.30. The van der Waals surface area contributed by atoms with Gasteiger partial charge in [0.25, 0.3) is 0 Å². The molecule has 2 aromatic carbocycles. The van der Waals surface area contributed by atoms with Crippen molar-refractivity contribution in [3.63, 3.8) is 0 Å². The summed E-state index contributed by atoms with van der Waals surface area (Å²) in [7, 11) is 1.71. The van der Waals surface area contributed by atoms with Crippen LogP contribution in [0.1, 0.15) is 16.8 Å². The number of nitrogens with zero attached hydrogens (tertiary/aromatic N) is 2. The van der Waals surface area contributed by atoms with E-state index in [1.807, 2.05) is 25.1 Å². The molecule has 2 heterocycles. The summed E-state index contributed by atoms with van der Waals surface area (Å²) in [5.41, 5.74) is 10.8. The Labute approximate surface area is 178 Å². The number of ether oxygens (including phenoxy) is 2. The second-order valence-corrected chi connectivity index (χ2v) is 8.03. The fourth-order valence-corrected chi connectivity index (χ4v) is 4.28. The molecule has 0 radical (unpaired) electrons. The van der Waals surface area contributed by atoms with E-state index < -0.39 is 6.09 Å². The van der Waals surface area contributed by atoms with Crippen LogP contribution >= 0.6 is 11.3 Å². The quantitative estimate of drug-likeness (QED) is 0.324. The minimum atomic E-state index is -0.554. The Morgan fingerprint density at radius 2 is 2.20 bits per heavy atom. The van der Waals surface area contributed by atoms with Gasteiger partial charge < -0.3 is 20.2 Å². The van der Waals surface area contributed by atoms with Gasteiger partial charge in [0.15, 0.2) is 0 Å². The number of fused-ring (bicyclic) bond motifs is 1. The Bertz CT molecular complexity index is 1100. The Morgan fingerprint density at radius 1 is 1.37 bits per heavy atom. The number of hydrogen-bond donors (Lipinski definition) is 3. The maximum absolute atomic E-state index is 12.3. The van der Waals surface area contributed by atoms with Crippen molar-refractivity contribution in [2.24, 2.45) is 5.84 Å². The van der Waals surface area contributed by atoms with Crippen LogP contribution in [-0.2, 0) is 17.8 Å². The second kappa shape index (κ2) is 8.21. The molecule has 1 aliphatic heterocycles. The Morgan fingerprint density at radius 3 is 2.97 bits per heavy atom. The van der Waals surface area contributed by atoms with Gasteiger partial charge >= 0.3 is 6.09 Å². The molecule has 1 aliphatic rings. The largest absolute Gasteiger partial charge is 0.492 e. The minimum absolute atomic E-state index is 0.0926. The monoisotopic (exact) mass is 425 g/mol. The number of carbonyl (C=O) groups is 1. The van der Waals surface area contributed by atoms with Crippen LogP contribution in [0.3, 0.4) is 0 Å². The molecular weight excluding hydrogens is 402 g/mol. The Balaban J connectivity index is 1.42. The molecule has 156 valence electrons. The summed E-state index contributed by atoms with van der Waals surface area (Å²) >= 11 is 1.39. The normalized spacial score (nSPS) is 12.2. The SMILES string of the molecule is Cc1nc(-c2cccc3c2OCC3)sc1NC(=O)OCc1ccc(N(C)N)c(N)c1. The van der Waals surface area contributed by atoms with Gasteiger partial charge in [-0.3, -0.25) is 5.32 Å². The summed E-state index contributed by atoms with van der Waals surface area (Å²) in [6.45, 7) is 2.62. The number of nitrogens with one attached hydrogen (secondary N) is 1. The van der Waals surface area contributed by atoms with Crippen LogP contribution in [0.15, 0.2) is 36.4 Å². The summed E-state index contributed by atoms with van der Waals surface area (Å²) in [5, 5.41) is 5.66. The van der Waals surface area contributed by atoms with Crippen molar-refractivity contribution in [2.75, 3.05) is 29.7 Å². The van der Waals surface area contributed by atoms with E-state index in [4.69, 9.17) is 21.1 Å². The molecule has 5 N–H and O–H groups in total. The zero-order chi connectivity index (χ0) is 21.3. The number of rotatable bonds is 5. The highest BCUT2D eigenvalue weighted by Gasteiger charge is 2.20. The van der Waals surface area contributed by atoms with E-state index in [9.17, 15) is 4.79 Å². The number of thiazole rings is 1. The van der Waals surface area contributed by atoms with E-state index in [0.717, 1.165) is 34.0 Å². The number of aryl methyl sites for hydroxylation is 1. The zero-order valence-electron chi connectivity index (χ0n) is 16.8. The number of nitrogens with two attached hydrogens (primary N) is 2. The highest BCUT2D eigenvalue weighted by Crippen LogP contribution is 2.40. The number of para-hydroxylation sites is 1. The lowest BCUT2D eigenvalue weighted by Gasteiger charge is -2.15. The van der Waals surface area contributed by atoms with Gasteiger partial charge in [-0.2, -0.15) is 0 Å². The summed E-state index contributed by atoms with van der Waals surface area (Å²) in [5.74, 6) is 6.59. The topological polar surface area (TPSA) is 116 Å². The van der Waals surface area contributed by atoms with Crippen LogP contribution in [0.5, 0.6) is 5.75 Å². The van der Waals surface area contributed by atoms with Crippen LogP contribution in [0, 0.1) is 6.92 Å². The Kier molecular flexibility index (Phi) is 5.47. The van der Waals surface area contributed by atoms with Crippen molar-refractivity contribution >= 4 is 33.8 Å². The molecular formula is C21H23N5O3S. The molecule has 1 aromatic heterocycles. The van der Waals surface area contributed by atoms with Crippen molar-refractivity contribution in [1.82, 2.24) is 4.98 Å². The molecule has 0 saturated heterocycles. The molecule has 0 saturated carbocycles. The van der Waals surface area contributed by atoms with Crippen molar-refractivity contribution in [2.45, 2.75) is 20.0 Å². The lowest BCUT2D eigenvalue weighted by Crippen LogP contribution is -2.26. The van der Waals surface area contributed by atoms with Gasteiger partial charge in [-0.15, -0.1) is 0 Å². The third kappa shape index (κ3) is 4.03. The van der Waals surface area contributed by atoms with Gasteiger partial charge in [0.05, 0.1) is 29.2 Å². The lowest BCUT2D eigenvalue weighted by atomic mass is 10.1. The van der Waals surface area contributed by atoms with Crippen LogP contribution < -0.4 is 26.6 Å². The highest BCUT2D eigenvalue weighted by molar-refractivity contribution is 7.19. The van der Waals surface area contributed by atoms with E-state index in [-0.39, 0.29) is 6.61 Å². The average molecular weight is 426 g/mol. The zero-order valence-corrected chi connectivity index (χ0v) is 17.6. The average Bonchev–Trinajstić information content (AvgIpc) is 3.33. The van der Waals surface area contributed by atoms with Crippen LogP contribution in [0.25, 0.3) is 10.6 Å². The molecule has 3 aromatic rings. The summed E-state index contributed by atoms with van der Waals surface area (Å²) in [6.07, 6.45) is 0.347. The van der Waals surface area contributed by atoms with Crippen LogP contribution in [-0.4, -0.2) is 24.7 Å². The first-order valence-electron chi connectivity index (χ1n) is 9.45. The van der Waals surface area contributed by atoms with E-state index in [1.54, 1.807) is 19.2 Å². The fraction of sp³-hybridized carbons (Fsp3) is 0.238. The van der Waals surface area contributed by atoms with E-state index in [0.29, 0.717) is 23.0 Å². The van der Waals surface area contributed by atoms with Gasteiger partial charge in [-0.1, -0.05) is 29.5 Å². The van der Waals surface area contributed by atoms with Crippen molar-refractivity contribution in [1.29, 1.82) is 0 Å². The molecule has 0 spiro atoms. The molecule has 0 aliphatic carbocycles. The molecule has 30 heavy (non-hydrogen) atoms. The number of benzene rings is 2. The minimum Gasteiger partial charge on any atom is -0.492 e. The third-order valence-electron chi connectivity index (χ3n) is 4.80. The number of aromatic nitrogens is 1. The van der Waals surface area contributed by atoms with Gasteiger partial charge in [-0.25, -0.2) is 15.6 Å². The predicted molar refractivity (Wildman–Crippen MR) is 119 cm³/mol. The third-order valence-corrected chi connectivity index (χ3v) is 5.90. The van der Waals surface area contributed by atoms with Crippen molar-refractivity contribution < 1.29 is 14.3 Å². The molecule has 0 bridgehead atoms. The summed E-state index contributed by atoms with van der Waals surface area (Å²) in [6, 6.07) is 11.4. The standard InChI is InChI=1S/C21H23N5O3S/c1-12-19(30-20(24-12)15-5-3-4-14-8-9-28-18(14)15)25-21(27)29-11-13-6-7-17(26(2)23)16(22)10-13/h3-7,10H,8-9,11,22-23H2,1-2H3,(H,25,27). The van der Waals surface area contributed by atoms with Gasteiger partial charge in [0.1, 0.15) is 22.4 Å². The summed E-state index contributed by atoms with van der Waals surface area (Å²) < 4.78 is 11.1. The molecule has 8 nitrogen and oxygen atoms in total. The molecule has 0 unspecified atom stereocenters.